The molecule has 1 amide bonds. The highest BCUT2D eigenvalue weighted by Crippen LogP contribution is 2.30. The number of hydrogen-bond donors (Lipinski definition) is 3. The summed E-state index contributed by atoms with van der Waals surface area (Å²) >= 11 is 0. The lowest BCUT2D eigenvalue weighted by molar-refractivity contribution is -0.109. The van der Waals surface area contributed by atoms with E-state index in [1.807, 2.05) is 51.1 Å². The molecule has 3 aromatic carbocycles. The average molecular weight is 611 g/mol. The van der Waals surface area contributed by atoms with Gasteiger partial charge in [-0.15, -0.1) is 0 Å². The van der Waals surface area contributed by atoms with Crippen LogP contribution in [-0.2, 0) is 14.8 Å². The molecule has 0 aliphatic carbocycles. The van der Waals surface area contributed by atoms with Gasteiger partial charge in [-0.05, 0) is 82.5 Å². The number of aryl methyl sites for hydroxylation is 1. The third-order valence-corrected chi connectivity index (χ3v) is 8.98. The van der Waals surface area contributed by atoms with Crippen LogP contribution < -0.4 is 15.4 Å². The Morgan fingerprint density at radius 3 is 2.02 bits per heavy atom. The molecule has 0 radical (unpaired) electrons. The van der Waals surface area contributed by atoms with Crippen LogP contribution in [0, 0.1) is 6.92 Å². The van der Waals surface area contributed by atoms with Crippen LogP contribution in [0.25, 0.3) is 10.8 Å². The Bertz CT molecular complexity index is 1380. The van der Waals surface area contributed by atoms with Crippen molar-refractivity contribution in [1.82, 2.24) is 14.9 Å². The molecule has 0 unspecified atom stereocenters. The van der Waals surface area contributed by atoms with Crippen molar-refractivity contribution in [2.24, 2.45) is 0 Å². The van der Waals surface area contributed by atoms with Gasteiger partial charge in [0, 0.05) is 28.1 Å². The molecule has 0 aromatic heterocycles. The molecule has 43 heavy (non-hydrogen) atoms. The molecule has 8 nitrogen and oxygen atoms in total. The summed E-state index contributed by atoms with van der Waals surface area (Å²) in [6.07, 6.45) is 6.32. The molecule has 1 aliphatic rings. The molecule has 0 bridgehead atoms. The van der Waals surface area contributed by atoms with E-state index in [2.05, 4.69) is 34.1 Å². The van der Waals surface area contributed by atoms with Crippen molar-refractivity contribution in [2.75, 3.05) is 38.0 Å². The maximum Gasteiger partial charge on any atom is 0.255 e. The minimum atomic E-state index is -3.68. The van der Waals surface area contributed by atoms with Gasteiger partial charge in [0.15, 0.2) is 0 Å². The monoisotopic (exact) mass is 610 g/mol. The van der Waals surface area contributed by atoms with Gasteiger partial charge < -0.3 is 15.4 Å². The highest BCUT2D eigenvalue weighted by atomic mass is 32.2. The topological polar surface area (TPSA) is 108 Å². The molecular weight excluding hydrogens is 560 g/mol. The van der Waals surface area contributed by atoms with Crippen molar-refractivity contribution in [3.05, 3.63) is 71.8 Å². The van der Waals surface area contributed by atoms with Crippen LogP contribution in [0.5, 0.6) is 0 Å². The van der Waals surface area contributed by atoms with Crippen molar-refractivity contribution in [3.63, 3.8) is 0 Å². The molecule has 1 saturated heterocycles. The molecule has 0 spiro atoms. The van der Waals surface area contributed by atoms with Crippen molar-refractivity contribution in [2.45, 2.75) is 77.7 Å². The first kappa shape index (κ1) is 36.1. The molecule has 4 rings (SSSR count). The summed E-state index contributed by atoms with van der Waals surface area (Å²) in [6.45, 7) is 15.1. The fraction of sp³-hybridized carbons (Fsp3) is 0.471. The number of piperidine rings is 1. The average Bonchev–Trinajstić information content (AvgIpc) is 3.02. The number of sulfonamides is 1. The van der Waals surface area contributed by atoms with E-state index in [4.69, 9.17) is 0 Å². The summed E-state index contributed by atoms with van der Waals surface area (Å²) in [5.74, 6) is -0.223. The molecule has 0 atom stereocenters. The fourth-order valence-electron chi connectivity index (χ4n) is 4.87. The zero-order valence-electron chi connectivity index (χ0n) is 26.5. The third-order valence-electron chi connectivity index (χ3n) is 7.40. The number of nitrogens with zero attached hydrogens (tertiary/aromatic N) is 1. The molecule has 1 fully saturated rings. The van der Waals surface area contributed by atoms with Crippen molar-refractivity contribution in [1.29, 1.82) is 0 Å². The Balaban J connectivity index is 0.000000379. The van der Waals surface area contributed by atoms with Gasteiger partial charge in [0.2, 0.25) is 10.0 Å². The van der Waals surface area contributed by atoms with E-state index in [-0.39, 0.29) is 16.8 Å². The number of likely N-dealkylation sites (tertiary alicyclic amines) is 1. The minimum absolute atomic E-state index is 0.112. The van der Waals surface area contributed by atoms with Gasteiger partial charge in [0.1, 0.15) is 6.29 Å². The summed E-state index contributed by atoms with van der Waals surface area (Å²) < 4.78 is 28.7. The smallest absolute Gasteiger partial charge is 0.255 e. The van der Waals surface area contributed by atoms with Crippen LogP contribution in [-0.4, -0.2) is 64.3 Å². The summed E-state index contributed by atoms with van der Waals surface area (Å²) in [4.78, 5) is 25.2. The standard InChI is InChI=1S/C23H26N2O3S.C7H13NO.C4H11N/c1-4-17(5-2)25-29(27,28)22-15-14-21(19-12-8-9-13-20(19)22)24-23(26)18-11-7-6-10-16(18)3;9-7-6-8-4-2-1-3-5-8;1-3-5-4-2/h6-15,17,25H,4-5H2,1-3H3,(H,24,26);7H,1-6H2;5H,3-4H2,1-2H3. The molecule has 1 heterocycles. The van der Waals surface area contributed by atoms with Crippen LogP contribution in [0.2, 0.25) is 0 Å². The first-order valence-electron chi connectivity index (χ1n) is 15.5. The van der Waals surface area contributed by atoms with E-state index in [0.29, 0.717) is 28.6 Å². The normalized spacial score (nSPS) is 13.4. The number of benzene rings is 3. The van der Waals surface area contributed by atoms with Crippen LogP contribution >= 0.6 is 0 Å². The second-order valence-corrected chi connectivity index (χ2v) is 12.2. The summed E-state index contributed by atoms with van der Waals surface area (Å²) in [5.41, 5.74) is 2.04. The summed E-state index contributed by atoms with van der Waals surface area (Å²) in [7, 11) is -3.68. The predicted molar refractivity (Wildman–Crippen MR) is 178 cm³/mol. The fourth-order valence-corrected chi connectivity index (χ4v) is 6.48. The van der Waals surface area contributed by atoms with E-state index >= 15 is 0 Å². The van der Waals surface area contributed by atoms with E-state index in [1.165, 1.54) is 19.3 Å². The lowest BCUT2D eigenvalue weighted by atomic mass is 10.1. The van der Waals surface area contributed by atoms with Gasteiger partial charge >= 0.3 is 0 Å². The zero-order chi connectivity index (χ0) is 31.7. The largest absolute Gasteiger partial charge is 0.321 e. The number of nitrogens with one attached hydrogen (secondary N) is 3. The molecule has 1 aliphatic heterocycles. The molecule has 236 valence electrons. The van der Waals surface area contributed by atoms with E-state index in [0.717, 1.165) is 50.9 Å². The number of rotatable bonds is 11. The Kier molecular flexibility index (Phi) is 16.1. The second kappa shape index (κ2) is 19.2. The summed E-state index contributed by atoms with van der Waals surface area (Å²) in [6, 6.07) is 17.7. The first-order valence-corrected chi connectivity index (χ1v) is 17.0. The minimum Gasteiger partial charge on any atom is -0.321 e. The van der Waals surface area contributed by atoms with Crippen molar-refractivity contribution >= 4 is 38.7 Å². The van der Waals surface area contributed by atoms with E-state index in [9.17, 15) is 18.0 Å². The van der Waals surface area contributed by atoms with Crippen molar-refractivity contribution < 1.29 is 18.0 Å². The van der Waals surface area contributed by atoms with Crippen LogP contribution in [0.3, 0.4) is 0 Å². The Morgan fingerprint density at radius 2 is 1.47 bits per heavy atom. The molecule has 9 heteroatoms. The van der Waals surface area contributed by atoms with Gasteiger partial charge in [0.25, 0.3) is 5.91 Å². The number of hydrogen-bond acceptors (Lipinski definition) is 6. The maximum atomic E-state index is 13.0. The number of anilines is 1. The number of fused-ring (bicyclic) bond motifs is 1. The Labute approximate surface area is 258 Å². The van der Waals surface area contributed by atoms with Crippen LogP contribution in [0.1, 0.15) is 75.7 Å². The zero-order valence-corrected chi connectivity index (χ0v) is 27.3. The van der Waals surface area contributed by atoms with Gasteiger partial charge in [-0.3, -0.25) is 9.69 Å². The third kappa shape index (κ3) is 11.5. The van der Waals surface area contributed by atoms with Crippen molar-refractivity contribution in [3.8, 4) is 0 Å². The molecule has 3 N–H and O–H groups in total. The van der Waals surface area contributed by atoms with E-state index in [1.54, 1.807) is 30.3 Å². The molecule has 0 saturated carbocycles. The van der Waals surface area contributed by atoms with Gasteiger partial charge in [-0.2, -0.15) is 0 Å². The summed E-state index contributed by atoms with van der Waals surface area (Å²) in [5, 5.41) is 7.30. The quantitative estimate of drug-likeness (QED) is 0.225. The van der Waals surface area contributed by atoms with E-state index < -0.39 is 10.0 Å². The number of aldehydes is 1. The lowest BCUT2D eigenvalue weighted by Gasteiger charge is -2.23. The van der Waals surface area contributed by atoms with Crippen LogP contribution in [0.4, 0.5) is 5.69 Å². The van der Waals surface area contributed by atoms with Crippen LogP contribution in [0.15, 0.2) is 65.6 Å². The lowest BCUT2D eigenvalue weighted by Crippen LogP contribution is -2.34. The Hall–Kier alpha value is -3.11. The SMILES string of the molecule is CCC(CC)NS(=O)(=O)c1ccc(NC(=O)c2ccccc2C)c2ccccc12.CCNCC.O=CCN1CCCCC1. The molecular formula is C34H50N4O4S. The first-order chi connectivity index (χ1) is 20.7. The Morgan fingerprint density at radius 1 is 0.860 bits per heavy atom. The van der Waals surface area contributed by atoms with Gasteiger partial charge in [0.05, 0.1) is 11.4 Å². The van der Waals surface area contributed by atoms with Gasteiger partial charge in [-0.25, -0.2) is 13.1 Å². The number of carbonyl (C=O) groups is 2. The number of carbonyl (C=O) groups excluding carboxylic acids is 2. The predicted octanol–water partition coefficient (Wildman–Crippen LogP) is 6.15. The maximum absolute atomic E-state index is 13.0. The number of amides is 1. The highest BCUT2D eigenvalue weighted by molar-refractivity contribution is 7.89. The highest BCUT2D eigenvalue weighted by Gasteiger charge is 2.22. The van der Waals surface area contributed by atoms with Gasteiger partial charge in [-0.1, -0.05) is 76.6 Å². The molecule has 3 aromatic rings. The second-order valence-electron chi connectivity index (χ2n) is 10.5.